The monoisotopic (exact) mass is 366 g/mol. The quantitative estimate of drug-likeness (QED) is 0.904. The molecule has 142 valence electrons. The number of amides is 1. The molecule has 1 spiro atoms. The van der Waals surface area contributed by atoms with Gasteiger partial charge in [0, 0.05) is 25.3 Å². The number of rotatable bonds is 4. The minimum atomic E-state index is -0.231. The van der Waals surface area contributed by atoms with E-state index in [9.17, 15) is 9.90 Å². The van der Waals surface area contributed by atoms with Crippen molar-refractivity contribution in [1.29, 1.82) is 0 Å². The van der Waals surface area contributed by atoms with Crippen LogP contribution in [0.1, 0.15) is 18.4 Å². The number of hydrogen-bond acceptors (Lipinski definition) is 4. The molecule has 2 aromatic rings. The standard InChI is InChI=1S/C22H26N2O3/c25-20-8-4-5-18(15-20)9-12-23-13-10-22(11-14-23)17-24(21(26)16-27-22)19-6-2-1-3-7-19/h1-8,15,25H,9-14,16-17H2. The predicted molar refractivity (Wildman–Crippen MR) is 105 cm³/mol. The molecule has 4 rings (SSSR count). The Balaban J connectivity index is 1.34. The number of aromatic hydroxyl groups is 1. The van der Waals surface area contributed by atoms with Gasteiger partial charge in [-0.05, 0) is 49.1 Å². The summed E-state index contributed by atoms with van der Waals surface area (Å²) < 4.78 is 6.05. The van der Waals surface area contributed by atoms with Crippen LogP contribution in [0.25, 0.3) is 0 Å². The maximum Gasteiger partial charge on any atom is 0.253 e. The van der Waals surface area contributed by atoms with Crippen LogP contribution in [0.4, 0.5) is 5.69 Å². The third-order valence-electron chi connectivity index (χ3n) is 5.71. The SMILES string of the molecule is O=C1COC2(CCN(CCc3cccc(O)c3)CC2)CN1c1ccccc1. The topological polar surface area (TPSA) is 53.0 Å². The summed E-state index contributed by atoms with van der Waals surface area (Å²) in [5, 5.41) is 9.59. The van der Waals surface area contributed by atoms with Crippen LogP contribution in [0.5, 0.6) is 5.75 Å². The minimum Gasteiger partial charge on any atom is -0.508 e. The number of para-hydroxylation sites is 1. The smallest absolute Gasteiger partial charge is 0.253 e. The second kappa shape index (κ2) is 7.71. The Morgan fingerprint density at radius 1 is 1.04 bits per heavy atom. The van der Waals surface area contributed by atoms with E-state index < -0.39 is 0 Å². The zero-order chi connectivity index (χ0) is 18.7. The molecule has 2 aliphatic rings. The molecule has 0 aliphatic carbocycles. The first-order valence-corrected chi connectivity index (χ1v) is 9.63. The molecule has 0 unspecified atom stereocenters. The second-order valence-electron chi connectivity index (χ2n) is 7.55. The number of ether oxygens (including phenoxy) is 1. The van der Waals surface area contributed by atoms with E-state index in [1.807, 2.05) is 47.4 Å². The number of piperidine rings is 1. The first-order valence-electron chi connectivity index (χ1n) is 9.63. The molecular formula is C22H26N2O3. The molecule has 2 heterocycles. The van der Waals surface area contributed by atoms with Crippen LogP contribution in [-0.2, 0) is 16.0 Å². The molecular weight excluding hydrogens is 340 g/mol. The van der Waals surface area contributed by atoms with Crippen molar-refractivity contribution in [1.82, 2.24) is 4.90 Å². The van der Waals surface area contributed by atoms with Crippen molar-refractivity contribution in [2.24, 2.45) is 0 Å². The highest BCUT2D eigenvalue weighted by atomic mass is 16.5. The maximum atomic E-state index is 12.3. The van der Waals surface area contributed by atoms with Crippen LogP contribution < -0.4 is 4.90 Å². The number of carbonyl (C=O) groups excluding carboxylic acids is 1. The predicted octanol–water partition coefficient (Wildman–Crippen LogP) is 2.83. The van der Waals surface area contributed by atoms with Crippen LogP contribution in [0.3, 0.4) is 0 Å². The Hall–Kier alpha value is -2.37. The van der Waals surface area contributed by atoms with Crippen LogP contribution in [0.15, 0.2) is 54.6 Å². The van der Waals surface area contributed by atoms with Crippen LogP contribution >= 0.6 is 0 Å². The second-order valence-corrected chi connectivity index (χ2v) is 7.55. The Kier molecular flexibility index (Phi) is 5.14. The number of likely N-dealkylation sites (tertiary alicyclic amines) is 1. The normalized spacial score (nSPS) is 20.1. The van der Waals surface area contributed by atoms with Crippen molar-refractivity contribution in [2.75, 3.05) is 37.7 Å². The van der Waals surface area contributed by atoms with Crippen molar-refractivity contribution in [3.05, 3.63) is 60.2 Å². The summed E-state index contributed by atoms with van der Waals surface area (Å²) in [6, 6.07) is 17.4. The van der Waals surface area contributed by atoms with E-state index in [4.69, 9.17) is 4.74 Å². The fraction of sp³-hybridized carbons (Fsp3) is 0.409. The third kappa shape index (κ3) is 4.15. The largest absolute Gasteiger partial charge is 0.508 e. The Morgan fingerprint density at radius 3 is 2.56 bits per heavy atom. The Bertz CT molecular complexity index is 785. The van der Waals surface area contributed by atoms with Gasteiger partial charge in [-0.1, -0.05) is 30.3 Å². The number of anilines is 1. The minimum absolute atomic E-state index is 0.0399. The summed E-state index contributed by atoms with van der Waals surface area (Å²) in [4.78, 5) is 16.7. The molecule has 5 nitrogen and oxygen atoms in total. The molecule has 1 N–H and O–H groups in total. The number of benzene rings is 2. The van der Waals surface area contributed by atoms with E-state index in [1.165, 1.54) is 0 Å². The van der Waals surface area contributed by atoms with Gasteiger partial charge in [0.15, 0.2) is 0 Å². The van der Waals surface area contributed by atoms with Gasteiger partial charge in [0.25, 0.3) is 5.91 Å². The first kappa shape index (κ1) is 18.0. The number of phenolic OH excluding ortho intramolecular Hbond substituents is 1. The summed E-state index contributed by atoms with van der Waals surface area (Å²) in [7, 11) is 0. The summed E-state index contributed by atoms with van der Waals surface area (Å²) in [6.45, 7) is 3.71. The molecule has 2 fully saturated rings. The van der Waals surface area contributed by atoms with Crippen LogP contribution in [0.2, 0.25) is 0 Å². The highest BCUT2D eigenvalue weighted by Gasteiger charge is 2.42. The van der Waals surface area contributed by atoms with E-state index in [0.29, 0.717) is 12.3 Å². The molecule has 0 aromatic heterocycles. The van der Waals surface area contributed by atoms with Crippen LogP contribution in [0, 0.1) is 0 Å². The molecule has 0 atom stereocenters. The Labute approximate surface area is 160 Å². The van der Waals surface area contributed by atoms with Gasteiger partial charge in [-0.3, -0.25) is 4.79 Å². The average Bonchev–Trinajstić information content (AvgIpc) is 2.70. The number of phenols is 1. The molecule has 0 bridgehead atoms. The van der Waals surface area contributed by atoms with Crippen molar-refractivity contribution >= 4 is 11.6 Å². The molecule has 27 heavy (non-hydrogen) atoms. The van der Waals surface area contributed by atoms with Gasteiger partial charge in [0.2, 0.25) is 0 Å². The fourth-order valence-corrected chi connectivity index (χ4v) is 4.04. The van der Waals surface area contributed by atoms with Gasteiger partial charge in [-0.25, -0.2) is 0 Å². The molecule has 0 radical (unpaired) electrons. The van der Waals surface area contributed by atoms with Gasteiger partial charge in [0.05, 0.1) is 12.1 Å². The number of morpholine rings is 1. The van der Waals surface area contributed by atoms with E-state index in [-0.39, 0.29) is 18.1 Å². The van der Waals surface area contributed by atoms with E-state index in [0.717, 1.165) is 50.1 Å². The first-order chi connectivity index (χ1) is 13.1. The third-order valence-corrected chi connectivity index (χ3v) is 5.71. The summed E-state index contributed by atoms with van der Waals surface area (Å²) in [6.07, 6.45) is 2.80. The lowest BCUT2D eigenvalue weighted by Crippen LogP contribution is -2.59. The van der Waals surface area contributed by atoms with Crippen molar-refractivity contribution < 1.29 is 14.6 Å². The Morgan fingerprint density at radius 2 is 1.81 bits per heavy atom. The van der Waals surface area contributed by atoms with Gasteiger partial charge in [-0.2, -0.15) is 0 Å². The number of hydrogen-bond donors (Lipinski definition) is 1. The highest BCUT2D eigenvalue weighted by molar-refractivity contribution is 5.95. The molecule has 1 amide bonds. The van der Waals surface area contributed by atoms with E-state index in [1.54, 1.807) is 6.07 Å². The number of nitrogens with zero attached hydrogens (tertiary/aromatic N) is 2. The average molecular weight is 366 g/mol. The zero-order valence-electron chi connectivity index (χ0n) is 15.5. The van der Waals surface area contributed by atoms with Gasteiger partial charge >= 0.3 is 0 Å². The number of carbonyl (C=O) groups is 1. The van der Waals surface area contributed by atoms with Gasteiger partial charge in [0.1, 0.15) is 12.4 Å². The van der Waals surface area contributed by atoms with Gasteiger partial charge in [-0.15, -0.1) is 0 Å². The van der Waals surface area contributed by atoms with Crippen molar-refractivity contribution in [3.63, 3.8) is 0 Å². The maximum absolute atomic E-state index is 12.3. The van der Waals surface area contributed by atoms with Crippen molar-refractivity contribution in [3.8, 4) is 5.75 Å². The lowest BCUT2D eigenvalue weighted by atomic mass is 9.89. The molecule has 2 saturated heterocycles. The highest BCUT2D eigenvalue weighted by Crippen LogP contribution is 2.32. The van der Waals surface area contributed by atoms with E-state index in [2.05, 4.69) is 11.0 Å². The molecule has 2 aliphatic heterocycles. The summed E-state index contributed by atoms with van der Waals surface area (Å²) >= 11 is 0. The van der Waals surface area contributed by atoms with E-state index >= 15 is 0 Å². The lowest BCUT2D eigenvalue weighted by Gasteiger charge is -2.47. The van der Waals surface area contributed by atoms with Crippen molar-refractivity contribution in [2.45, 2.75) is 24.9 Å². The van der Waals surface area contributed by atoms with Crippen LogP contribution in [-0.4, -0.2) is 54.3 Å². The van der Waals surface area contributed by atoms with Gasteiger partial charge < -0.3 is 19.6 Å². The molecule has 0 saturated carbocycles. The fourth-order valence-electron chi connectivity index (χ4n) is 4.04. The summed E-state index contributed by atoms with van der Waals surface area (Å²) in [5.41, 5.74) is 1.88. The molecule has 5 heteroatoms. The molecule has 2 aromatic carbocycles. The zero-order valence-corrected chi connectivity index (χ0v) is 15.5. The summed E-state index contributed by atoms with van der Waals surface area (Å²) in [5.74, 6) is 0.365. The lowest BCUT2D eigenvalue weighted by molar-refractivity contribution is -0.144.